The highest BCUT2D eigenvalue weighted by Crippen LogP contribution is 2.50. The van der Waals surface area contributed by atoms with E-state index in [-0.39, 0.29) is 46.5 Å². The molecule has 3 atom stereocenters. The zero-order chi connectivity index (χ0) is 30.5. The summed E-state index contributed by atoms with van der Waals surface area (Å²) in [4.78, 5) is 13.6. The third-order valence-electron chi connectivity index (χ3n) is 7.84. The van der Waals surface area contributed by atoms with Gasteiger partial charge in [-0.05, 0) is 67.1 Å². The number of rotatable bonds is 10. The topological polar surface area (TPSA) is 116 Å². The number of Topliss-reactive ketones (excluding diaryl/α,β-unsaturated/α-hetero) is 1. The summed E-state index contributed by atoms with van der Waals surface area (Å²) in [6.45, 7) is 1.99. The number of aliphatic hydroxyl groups is 1. The minimum Gasteiger partial charge on any atom is -0.508 e. The van der Waals surface area contributed by atoms with Gasteiger partial charge in [-0.2, -0.15) is 0 Å². The molecule has 0 spiro atoms. The lowest BCUT2D eigenvalue weighted by molar-refractivity contribution is 0.0841. The minimum absolute atomic E-state index is 0.0939. The number of phenols is 3. The number of fused-ring (bicyclic) bond motifs is 1. The molecule has 0 aliphatic carbocycles. The van der Waals surface area contributed by atoms with Gasteiger partial charge in [-0.1, -0.05) is 66.2 Å². The van der Waals surface area contributed by atoms with E-state index in [4.69, 9.17) is 9.47 Å². The number of methoxy groups -OCH3 is 1. The zero-order valence-corrected chi connectivity index (χ0v) is 24.2. The van der Waals surface area contributed by atoms with Crippen molar-refractivity contribution in [1.82, 2.24) is 0 Å². The van der Waals surface area contributed by atoms with Crippen LogP contribution in [0.2, 0.25) is 0 Å². The first-order valence-electron chi connectivity index (χ1n) is 14.3. The first-order chi connectivity index (χ1) is 20.7. The van der Waals surface area contributed by atoms with Crippen LogP contribution >= 0.6 is 0 Å². The number of carbonyl (C=O) groups is 1. The first-order valence-corrected chi connectivity index (χ1v) is 14.3. The highest BCUT2D eigenvalue weighted by molar-refractivity contribution is 6.03. The molecule has 4 N–H and O–H groups in total. The van der Waals surface area contributed by atoms with Crippen molar-refractivity contribution in [3.05, 3.63) is 124 Å². The molecular weight excluding hydrogens is 544 g/mol. The van der Waals surface area contributed by atoms with Crippen molar-refractivity contribution in [2.24, 2.45) is 0 Å². The summed E-state index contributed by atoms with van der Waals surface area (Å²) in [6.07, 6.45) is 4.24. The summed E-state index contributed by atoms with van der Waals surface area (Å²) in [5.74, 6) is -0.00742. The normalized spacial score (nSPS) is 16.0. The number of ether oxygens (including phenoxy) is 2. The highest BCUT2D eigenvalue weighted by Gasteiger charge is 2.36. The first kappa shape index (κ1) is 29.7. The molecule has 0 radical (unpaired) electrons. The van der Waals surface area contributed by atoms with Crippen LogP contribution in [0.1, 0.15) is 69.5 Å². The average molecular weight is 581 g/mol. The Kier molecular flexibility index (Phi) is 9.02. The molecule has 7 heteroatoms. The molecular formula is C36H36O7. The number of aliphatic hydroxyl groups excluding tert-OH is 1. The van der Waals surface area contributed by atoms with E-state index in [1.54, 1.807) is 36.4 Å². The summed E-state index contributed by atoms with van der Waals surface area (Å²) in [6, 6.07) is 22.8. The Labute approximate surface area is 251 Å². The molecule has 7 nitrogen and oxygen atoms in total. The van der Waals surface area contributed by atoms with Crippen LogP contribution in [0.25, 0.3) is 0 Å². The van der Waals surface area contributed by atoms with Gasteiger partial charge in [0.05, 0.1) is 19.6 Å². The molecule has 222 valence electrons. The largest absolute Gasteiger partial charge is 0.508 e. The van der Waals surface area contributed by atoms with Gasteiger partial charge in [0.2, 0.25) is 0 Å². The Morgan fingerprint density at radius 3 is 2.26 bits per heavy atom. The highest BCUT2D eigenvalue weighted by atomic mass is 16.5. The van der Waals surface area contributed by atoms with Gasteiger partial charge in [0.1, 0.15) is 40.4 Å². The number of aryl methyl sites for hydroxylation is 2. The van der Waals surface area contributed by atoms with Crippen LogP contribution in [0.5, 0.6) is 28.7 Å². The van der Waals surface area contributed by atoms with E-state index in [1.807, 2.05) is 55.5 Å². The van der Waals surface area contributed by atoms with Gasteiger partial charge in [-0.3, -0.25) is 4.79 Å². The number of benzene rings is 4. The van der Waals surface area contributed by atoms with Crippen molar-refractivity contribution in [1.29, 1.82) is 0 Å². The summed E-state index contributed by atoms with van der Waals surface area (Å²) in [7, 11) is 1.45. The van der Waals surface area contributed by atoms with E-state index in [0.717, 1.165) is 22.3 Å². The van der Waals surface area contributed by atoms with Crippen LogP contribution in [-0.2, 0) is 6.42 Å². The Balaban J connectivity index is 1.49. The van der Waals surface area contributed by atoms with E-state index < -0.39 is 18.1 Å². The van der Waals surface area contributed by atoms with Crippen LogP contribution in [0.3, 0.4) is 0 Å². The molecule has 43 heavy (non-hydrogen) atoms. The van der Waals surface area contributed by atoms with Gasteiger partial charge in [0.25, 0.3) is 0 Å². The van der Waals surface area contributed by atoms with E-state index in [0.29, 0.717) is 24.8 Å². The second-order valence-electron chi connectivity index (χ2n) is 11.0. The zero-order valence-electron chi connectivity index (χ0n) is 24.2. The summed E-state index contributed by atoms with van der Waals surface area (Å²) in [5.41, 5.74) is 4.40. The molecule has 1 aliphatic rings. The molecule has 5 rings (SSSR count). The number of hydrogen-bond acceptors (Lipinski definition) is 7. The van der Waals surface area contributed by atoms with Crippen molar-refractivity contribution < 1.29 is 34.7 Å². The number of hydrogen-bond donors (Lipinski definition) is 4. The van der Waals surface area contributed by atoms with Gasteiger partial charge in [-0.25, -0.2) is 0 Å². The molecule has 0 amide bonds. The number of phenolic OH excluding ortho intramolecular Hbond substituents is 3. The van der Waals surface area contributed by atoms with E-state index in [1.165, 1.54) is 13.2 Å². The fourth-order valence-electron chi connectivity index (χ4n) is 5.45. The Morgan fingerprint density at radius 2 is 1.60 bits per heavy atom. The second-order valence-corrected chi connectivity index (χ2v) is 11.0. The van der Waals surface area contributed by atoms with Gasteiger partial charge >= 0.3 is 0 Å². The average Bonchev–Trinajstić information content (AvgIpc) is 3.00. The van der Waals surface area contributed by atoms with Crippen LogP contribution in [0.15, 0.2) is 91.0 Å². The van der Waals surface area contributed by atoms with E-state index in [2.05, 4.69) is 0 Å². The smallest absolute Gasteiger partial charge is 0.174 e. The number of ketones is 1. The Morgan fingerprint density at radius 1 is 0.953 bits per heavy atom. The maximum absolute atomic E-state index is 13.6. The summed E-state index contributed by atoms with van der Waals surface area (Å²) < 4.78 is 12.0. The Hall–Kier alpha value is -4.75. The molecule has 3 unspecified atom stereocenters. The predicted molar refractivity (Wildman–Crippen MR) is 164 cm³/mol. The van der Waals surface area contributed by atoms with Crippen molar-refractivity contribution >= 4 is 5.78 Å². The lowest BCUT2D eigenvalue weighted by Crippen LogP contribution is -2.23. The molecule has 0 aromatic heterocycles. The van der Waals surface area contributed by atoms with Gasteiger partial charge in [0.15, 0.2) is 5.78 Å². The summed E-state index contributed by atoms with van der Waals surface area (Å²) in [5, 5.41) is 41.5. The molecule has 1 aliphatic heterocycles. The van der Waals surface area contributed by atoms with Crippen molar-refractivity contribution in [3.8, 4) is 28.7 Å². The molecule has 4 aromatic carbocycles. The number of allylic oxidation sites excluding steroid dienone is 1. The van der Waals surface area contributed by atoms with Crippen LogP contribution in [0, 0.1) is 6.92 Å². The third kappa shape index (κ3) is 6.84. The fourth-order valence-corrected chi connectivity index (χ4v) is 5.45. The van der Waals surface area contributed by atoms with E-state index >= 15 is 0 Å². The molecule has 1 heterocycles. The molecule has 0 bridgehead atoms. The van der Waals surface area contributed by atoms with Crippen molar-refractivity contribution in [3.63, 3.8) is 0 Å². The van der Waals surface area contributed by atoms with Crippen LogP contribution in [-0.4, -0.2) is 39.4 Å². The number of aromatic hydroxyl groups is 3. The maximum Gasteiger partial charge on any atom is 0.174 e. The molecule has 0 fully saturated rings. The maximum atomic E-state index is 13.6. The van der Waals surface area contributed by atoms with Crippen molar-refractivity contribution in [2.75, 3.05) is 7.11 Å². The lowest BCUT2D eigenvalue weighted by Gasteiger charge is -2.31. The Bertz CT molecular complexity index is 1590. The van der Waals surface area contributed by atoms with Gasteiger partial charge < -0.3 is 29.9 Å². The lowest BCUT2D eigenvalue weighted by atomic mass is 9.85. The molecule has 0 saturated heterocycles. The third-order valence-corrected chi connectivity index (χ3v) is 7.84. The predicted octanol–water partition coefficient (Wildman–Crippen LogP) is 6.90. The molecule has 0 saturated carbocycles. The monoisotopic (exact) mass is 580 g/mol. The van der Waals surface area contributed by atoms with Gasteiger partial charge in [-0.15, -0.1) is 0 Å². The SMILES string of the molecule is COc1cc(O)c(C(/C=C/CC(O)CCc2ccc(O)cc2)c2ccc(O)cc2)c2c1C(=O)CC(c1ccc(C)cc1)O2. The van der Waals surface area contributed by atoms with Crippen LogP contribution < -0.4 is 9.47 Å². The standard InChI is InChI=1S/C36H36O7/c1-22-6-11-25(12-7-22)32-20-31(41)35-33(42-2)21-30(40)34(36(35)43-32)29(24-13-18-28(39)19-14-24)5-3-4-26(37)15-8-23-9-16-27(38)17-10-23/h3,5-7,9-14,16-19,21,26,29,32,37-40H,4,8,15,20H2,1-2H3/b5-3+. The second kappa shape index (κ2) is 13.0. The molecule has 4 aromatic rings. The van der Waals surface area contributed by atoms with Gasteiger partial charge in [0, 0.05) is 17.5 Å². The minimum atomic E-state index is -0.618. The fraction of sp³-hybridized carbons (Fsp3) is 0.250. The van der Waals surface area contributed by atoms with Crippen LogP contribution in [0.4, 0.5) is 0 Å². The summed E-state index contributed by atoms with van der Waals surface area (Å²) >= 11 is 0. The number of carbonyl (C=O) groups excluding carboxylic acids is 1. The van der Waals surface area contributed by atoms with Crippen molar-refractivity contribution in [2.45, 2.75) is 50.7 Å². The van der Waals surface area contributed by atoms with E-state index in [9.17, 15) is 25.2 Å². The quantitative estimate of drug-likeness (QED) is 0.151.